The average molecular weight is 373 g/mol. The zero-order chi connectivity index (χ0) is 17.4. The fourth-order valence-electron chi connectivity index (χ4n) is 3.33. The van der Waals surface area contributed by atoms with Gasteiger partial charge in [0.2, 0.25) is 15.9 Å². The summed E-state index contributed by atoms with van der Waals surface area (Å²) in [6, 6.07) is 3.83. The lowest BCUT2D eigenvalue weighted by atomic mass is 9.93. The molecule has 0 radical (unpaired) electrons. The van der Waals surface area contributed by atoms with Crippen molar-refractivity contribution in [2.75, 3.05) is 25.9 Å². The van der Waals surface area contributed by atoms with Crippen molar-refractivity contribution in [3.8, 4) is 0 Å². The number of hydrogen-bond donors (Lipinski definition) is 2. The third-order valence-corrected chi connectivity index (χ3v) is 7.37. The number of carbonyl (C=O) groups is 1. The summed E-state index contributed by atoms with van der Waals surface area (Å²) in [5, 5.41) is 15.9. The van der Waals surface area contributed by atoms with Crippen LogP contribution in [0.4, 0.5) is 0 Å². The number of rotatable bonds is 6. The quantitative estimate of drug-likeness (QED) is 0.784. The van der Waals surface area contributed by atoms with Crippen molar-refractivity contribution < 1.29 is 18.3 Å². The van der Waals surface area contributed by atoms with E-state index in [1.54, 1.807) is 0 Å². The molecule has 1 aromatic rings. The Morgan fingerprint density at radius 2 is 2.04 bits per heavy atom. The Labute approximate surface area is 146 Å². The predicted octanol–water partition coefficient (Wildman–Crippen LogP) is 1.13. The molecule has 6 nitrogen and oxygen atoms in total. The number of amides is 1. The van der Waals surface area contributed by atoms with Gasteiger partial charge in [-0.15, -0.1) is 11.3 Å². The number of aliphatic hydroxyl groups is 1. The summed E-state index contributed by atoms with van der Waals surface area (Å²) >= 11 is 1.51. The Morgan fingerprint density at radius 3 is 2.54 bits per heavy atom. The highest BCUT2D eigenvalue weighted by Gasteiger charge is 2.46. The number of piperidine rings is 1. The molecule has 3 rings (SSSR count). The van der Waals surface area contributed by atoms with E-state index in [0.717, 1.165) is 17.7 Å². The summed E-state index contributed by atoms with van der Waals surface area (Å²) in [5.41, 5.74) is -0.975. The standard InChI is InChI=1S/C16H24N2O4S2/c1-24(21,22)18-8-6-12(7-9-18)15(19)17-11-16(20,13-4-5-13)14-3-2-10-23-14/h2-3,10,12-13,20H,4-9,11H2,1H3,(H,17,19). The second kappa shape index (κ2) is 6.74. The maximum absolute atomic E-state index is 12.4. The smallest absolute Gasteiger partial charge is 0.223 e. The van der Waals surface area contributed by atoms with Crippen molar-refractivity contribution in [1.82, 2.24) is 9.62 Å². The largest absolute Gasteiger partial charge is 0.382 e. The molecule has 1 atom stereocenters. The van der Waals surface area contributed by atoms with Crippen LogP contribution in [0.15, 0.2) is 17.5 Å². The SMILES string of the molecule is CS(=O)(=O)N1CCC(C(=O)NCC(O)(c2cccs2)C2CC2)CC1. The molecule has 2 heterocycles. The lowest BCUT2D eigenvalue weighted by Crippen LogP contribution is -2.46. The first-order chi connectivity index (χ1) is 11.3. The Kier molecular flexibility index (Phi) is 5.01. The van der Waals surface area contributed by atoms with E-state index in [1.165, 1.54) is 21.9 Å². The van der Waals surface area contributed by atoms with E-state index >= 15 is 0 Å². The topological polar surface area (TPSA) is 86.7 Å². The van der Waals surface area contributed by atoms with E-state index in [-0.39, 0.29) is 24.3 Å². The molecule has 1 aliphatic heterocycles. The summed E-state index contributed by atoms with van der Waals surface area (Å²) in [6.07, 6.45) is 4.22. The first-order valence-electron chi connectivity index (χ1n) is 8.30. The fourth-order valence-corrected chi connectivity index (χ4v) is 5.11. The van der Waals surface area contributed by atoms with Crippen molar-refractivity contribution in [2.24, 2.45) is 11.8 Å². The zero-order valence-corrected chi connectivity index (χ0v) is 15.4. The molecule has 8 heteroatoms. The lowest BCUT2D eigenvalue weighted by Gasteiger charge is -2.31. The van der Waals surface area contributed by atoms with Crippen molar-refractivity contribution in [3.63, 3.8) is 0 Å². The normalized spacial score (nSPS) is 22.9. The van der Waals surface area contributed by atoms with Gasteiger partial charge in [0.1, 0.15) is 5.60 Å². The van der Waals surface area contributed by atoms with Crippen LogP contribution in [-0.4, -0.2) is 49.6 Å². The maximum atomic E-state index is 12.4. The molecule has 0 spiro atoms. The second-order valence-corrected chi connectivity index (χ2v) is 9.76. The minimum Gasteiger partial charge on any atom is -0.382 e. The molecule has 1 aromatic heterocycles. The van der Waals surface area contributed by atoms with Gasteiger partial charge in [-0.1, -0.05) is 6.07 Å². The van der Waals surface area contributed by atoms with Gasteiger partial charge in [0, 0.05) is 23.9 Å². The lowest BCUT2D eigenvalue weighted by molar-refractivity contribution is -0.127. The van der Waals surface area contributed by atoms with Crippen LogP contribution in [-0.2, 0) is 20.4 Å². The molecule has 1 unspecified atom stereocenters. The summed E-state index contributed by atoms with van der Waals surface area (Å²) in [6.45, 7) is 0.993. The molecule has 1 amide bonds. The van der Waals surface area contributed by atoms with E-state index in [9.17, 15) is 18.3 Å². The third kappa shape index (κ3) is 3.82. The average Bonchev–Trinajstić information content (AvgIpc) is 3.26. The number of sulfonamides is 1. The van der Waals surface area contributed by atoms with Gasteiger partial charge in [0.15, 0.2) is 0 Å². The minimum absolute atomic E-state index is 0.0845. The van der Waals surface area contributed by atoms with E-state index in [2.05, 4.69) is 5.32 Å². The van der Waals surface area contributed by atoms with Gasteiger partial charge in [-0.2, -0.15) is 0 Å². The van der Waals surface area contributed by atoms with Crippen LogP contribution in [0.25, 0.3) is 0 Å². The fraction of sp³-hybridized carbons (Fsp3) is 0.688. The molecule has 2 N–H and O–H groups in total. The monoisotopic (exact) mass is 372 g/mol. The molecule has 1 saturated carbocycles. The first-order valence-corrected chi connectivity index (χ1v) is 11.0. The summed E-state index contributed by atoms with van der Waals surface area (Å²) in [7, 11) is -3.18. The minimum atomic E-state index is -3.18. The summed E-state index contributed by atoms with van der Waals surface area (Å²) in [4.78, 5) is 13.3. The van der Waals surface area contributed by atoms with Crippen LogP contribution in [0.5, 0.6) is 0 Å². The molecule has 1 aliphatic carbocycles. The van der Waals surface area contributed by atoms with E-state index in [1.807, 2.05) is 17.5 Å². The predicted molar refractivity (Wildman–Crippen MR) is 93.1 cm³/mol. The number of thiophene rings is 1. The van der Waals surface area contributed by atoms with E-state index in [4.69, 9.17) is 0 Å². The van der Waals surface area contributed by atoms with Crippen LogP contribution < -0.4 is 5.32 Å². The van der Waals surface area contributed by atoms with Gasteiger partial charge in [-0.25, -0.2) is 12.7 Å². The molecule has 24 heavy (non-hydrogen) atoms. The molecular formula is C16H24N2O4S2. The van der Waals surface area contributed by atoms with E-state index < -0.39 is 15.6 Å². The summed E-state index contributed by atoms with van der Waals surface area (Å²) in [5.74, 6) is -0.0582. The van der Waals surface area contributed by atoms with Crippen molar-refractivity contribution >= 4 is 27.3 Å². The molecule has 134 valence electrons. The molecule has 2 fully saturated rings. The van der Waals surface area contributed by atoms with Gasteiger partial charge in [-0.3, -0.25) is 4.79 Å². The van der Waals surface area contributed by atoms with Crippen molar-refractivity contribution in [2.45, 2.75) is 31.3 Å². The number of nitrogens with zero attached hydrogens (tertiary/aromatic N) is 1. The first kappa shape index (κ1) is 17.8. The van der Waals surface area contributed by atoms with Crippen LogP contribution in [0.2, 0.25) is 0 Å². The molecule has 0 aromatic carbocycles. The van der Waals surface area contributed by atoms with Gasteiger partial charge in [-0.05, 0) is 43.0 Å². The van der Waals surface area contributed by atoms with E-state index in [0.29, 0.717) is 25.9 Å². The van der Waals surface area contributed by atoms with Crippen molar-refractivity contribution in [3.05, 3.63) is 22.4 Å². The molecular weight excluding hydrogens is 348 g/mol. The van der Waals surface area contributed by atoms with Crippen LogP contribution in [0.1, 0.15) is 30.6 Å². The van der Waals surface area contributed by atoms with Gasteiger partial charge in [0.25, 0.3) is 0 Å². The van der Waals surface area contributed by atoms with Crippen LogP contribution in [0.3, 0.4) is 0 Å². The second-order valence-electron chi connectivity index (χ2n) is 6.83. The number of carbonyl (C=O) groups excluding carboxylic acids is 1. The Balaban J connectivity index is 1.56. The van der Waals surface area contributed by atoms with Crippen molar-refractivity contribution in [1.29, 1.82) is 0 Å². The van der Waals surface area contributed by atoms with Gasteiger partial charge >= 0.3 is 0 Å². The number of nitrogens with one attached hydrogen (secondary N) is 1. The maximum Gasteiger partial charge on any atom is 0.223 e. The van der Waals surface area contributed by atoms with Gasteiger partial charge in [0.05, 0.1) is 12.8 Å². The highest BCUT2D eigenvalue weighted by molar-refractivity contribution is 7.88. The van der Waals surface area contributed by atoms with Gasteiger partial charge < -0.3 is 10.4 Å². The summed E-state index contributed by atoms with van der Waals surface area (Å²) < 4.78 is 24.5. The Morgan fingerprint density at radius 1 is 1.38 bits per heavy atom. The Bertz CT molecular complexity index is 677. The zero-order valence-electron chi connectivity index (χ0n) is 13.8. The molecule has 2 aliphatic rings. The molecule has 1 saturated heterocycles. The number of hydrogen-bond acceptors (Lipinski definition) is 5. The Hall–Kier alpha value is -0.960. The highest BCUT2D eigenvalue weighted by Crippen LogP contribution is 2.46. The highest BCUT2D eigenvalue weighted by atomic mass is 32.2. The van der Waals surface area contributed by atoms with Crippen LogP contribution >= 0.6 is 11.3 Å². The molecule has 0 bridgehead atoms. The van der Waals surface area contributed by atoms with Crippen LogP contribution in [0, 0.1) is 11.8 Å². The third-order valence-electron chi connectivity index (χ3n) is 5.03.